The van der Waals surface area contributed by atoms with Crippen LogP contribution >= 0.6 is 0 Å². The Hall–Kier alpha value is -0.900. The number of rotatable bonds is 8. The van der Waals surface area contributed by atoms with Gasteiger partial charge in [-0.05, 0) is 6.42 Å². The Balaban J connectivity index is 5.82. The molecule has 0 aliphatic rings. The lowest BCUT2D eigenvalue weighted by Crippen LogP contribution is -2.57. The van der Waals surface area contributed by atoms with Gasteiger partial charge in [0, 0.05) is 5.92 Å². The summed E-state index contributed by atoms with van der Waals surface area (Å²) in [5.41, 5.74) is 0. The SMILES string of the molecule is CCC(CC(F)(F)F)C(F)(F)C(F)(F)OC(F)(F)C(F)(F)S(=O)(=O)O. The predicted octanol–water partition coefficient (Wildman–Crippen LogP) is 4.28. The molecule has 0 aromatic carbocycles. The average molecular weight is 422 g/mol. The molecule has 0 rings (SSSR count). The quantitative estimate of drug-likeness (QED) is 0.469. The van der Waals surface area contributed by atoms with Crippen molar-refractivity contribution in [3.8, 4) is 0 Å². The van der Waals surface area contributed by atoms with Gasteiger partial charge in [-0.15, -0.1) is 0 Å². The molecule has 0 aromatic heterocycles. The van der Waals surface area contributed by atoms with Crippen molar-refractivity contribution < 1.29 is 66.0 Å². The fourth-order valence-electron chi connectivity index (χ4n) is 1.48. The third kappa shape index (κ3) is 5.06. The summed E-state index contributed by atoms with van der Waals surface area (Å²) in [6.45, 7) is 0.547. The van der Waals surface area contributed by atoms with Crippen LogP contribution in [0.4, 0.5) is 48.3 Å². The highest BCUT2D eigenvalue weighted by Crippen LogP contribution is 2.51. The van der Waals surface area contributed by atoms with Crippen LogP contribution in [0.15, 0.2) is 0 Å². The third-order valence-corrected chi connectivity index (χ3v) is 3.68. The second-order valence-electron chi connectivity index (χ2n) is 4.67. The van der Waals surface area contributed by atoms with E-state index in [9.17, 15) is 56.7 Å². The van der Waals surface area contributed by atoms with E-state index in [1.807, 2.05) is 4.74 Å². The maximum Gasteiger partial charge on any atom is 0.460 e. The molecule has 4 nitrogen and oxygen atoms in total. The van der Waals surface area contributed by atoms with Crippen molar-refractivity contribution in [3.05, 3.63) is 0 Å². The van der Waals surface area contributed by atoms with Gasteiger partial charge in [-0.2, -0.15) is 56.7 Å². The fraction of sp³-hybridized carbons (Fsp3) is 1.00. The molecule has 0 saturated heterocycles. The summed E-state index contributed by atoms with van der Waals surface area (Å²) < 4.78 is 171. The van der Waals surface area contributed by atoms with Crippen LogP contribution in [0.1, 0.15) is 19.8 Å². The molecule has 0 aliphatic heterocycles. The summed E-state index contributed by atoms with van der Waals surface area (Å²) >= 11 is 0. The van der Waals surface area contributed by atoms with Gasteiger partial charge >= 0.3 is 39.7 Å². The van der Waals surface area contributed by atoms with E-state index in [1.54, 1.807) is 0 Å². The summed E-state index contributed by atoms with van der Waals surface area (Å²) in [5, 5.41) is -6.79. The molecule has 152 valence electrons. The maximum atomic E-state index is 13.4. The summed E-state index contributed by atoms with van der Waals surface area (Å²) in [6.07, 6.45) is -22.9. The van der Waals surface area contributed by atoms with Gasteiger partial charge < -0.3 is 0 Å². The second-order valence-corrected chi connectivity index (χ2v) is 6.14. The topological polar surface area (TPSA) is 63.6 Å². The molecule has 0 fully saturated rings. The van der Waals surface area contributed by atoms with Crippen LogP contribution in [-0.2, 0) is 14.9 Å². The minimum atomic E-state index is -7.10. The molecule has 0 aliphatic carbocycles. The van der Waals surface area contributed by atoms with E-state index < -0.39 is 58.4 Å². The van der Waals surface area contributed by atoms with Crippen molar-refractivity contribution >= 4 is 10.1 Å². The van der Waals surface area contributed by atoms with Crippen LogP contribution in [0, 0.1) is 5.92 Å². The summed E-state index contributed by atoms with van der Waals surface area (Å²) in [4.78, 5) is 0. The highest BCUT2D eigenvalue weighted by molar-refractivity contribution is 7.86. The Labute approximate surface area is 132 Å². The molecule has 0 amide bonds. The molecule has 0 spiro atoms. The molecular weight excluding hydrogens is 413 g/mol. The van der Waals surface area contributed by atoms with E-state index in [1.165, 1.54) is 0 Å². The molecular formula is C9H9F11O4S. The first-order chi connectivity index (χ1) is 10.6. The first kappa shape index (κ1) is 24.1. The fourth-order valence-corrected chi connectivity index (χ4v) is 1.83. The summed E-state index contributed by atoms with van der Waals surface area (Å²) in [5.74, 6) is -9.41. The number of halogens is 11. The summed E-state index contributed by atoms with van der Waals surface area (Å²) in [7, 11) is -7.10. The van der Waals surface area contributed by atoms with Crippen molar-refractivity contribution in [3.63, 3.8) is 0 Å². The Bertz CT molecular complexity index is 569. The predicted molar refractivity (Wildman–Crippen MR) is 56.9 cm³/mol. The Morgan fingerprint density at radius 1 is 0.880 bits per heavy atom. The van der Waals surface area contributed by atoms with Gasteiger partial charge in [0.15, 0.2) is 0 Å². The van der Waals surface area contributed by atoms with Gasteiger partial charge in [0.25, 0.3) is 0 Å². The zero-order valence-corrected chi connectivity index (χ0v) is 12.5. The highest BCUT2D eigenvalue weighted by atomic mass is 32.2. The molecule has 0 saturated carbocycles. The van der Waals surface area contributed by atoms with Crippen LogP contribution < -0.4 is 0 Å². The number of ether oxygens (including phenoxy) is 1. The van der Waals surface area contributed by atoms with Gasteiger partial charge in [0.05, 0.1) is 6.42 Å². The molecule has 25 heavy (non-hydrogen) atoms. The van der Waals surface area contributed by atoms with Crippen LogP contribution in [0.5, 0.6) is 0 Å². The molecule has 0 aromatic rings. The highest BCUT2D eigenvalue weighted by Gasteiger charge is 2.75. The van der Waals surface area contributed by atoms with Crippen molar-refractivity contribution in [1.29, 1.82) is 0 Å². The Morgan fingerprint density at radius 2 is 1.28 bits per heavy atom. The molecule has 0 bridgehead atoms. The normalized spacial score (nSPS) is 16.8. The number of hydrogen-bond acceptors (Lipinski definition) is 3. The van der Waals surface area contributed by atoms with Crippen LogP contribution in [-0.4, -0.2) is 42.5 Å². The molecule has 1 atom stereocenters. The van der Waals surface area contributed by atoms with Crippen molar-refractivity contribution in [2.24, 2.45) is 5.92 Å². The molecule has 0 heterocycles. The van der Waals surface area contributed by atoms with E-state index in [0.717, 1.165) is 0 Å². The van der Waals surface area contributed by atoms with Crippen LogP contribution in [0.25, 0.3) is 0 Å². The lowest BCUT2D eigenvalue weighted by molar-refractivity contribution is -0.463. The summed E-state index contributed by atoms with van der Waals surface area (Å²) in [6, 6.07) is 0. The van der Waals surface area contributed by atoms with E-state index in [2.05, 4.69) is 0 Å². The molecule has 1 N–H and O–H groups in total. The van der Waals surface area contributed by atoms with Gasteiger partial charge in [-0.3, -0.25) is 4.55 Å². The maximum absolute atomic E-state index is 13.4. The first-order valence-corrected chi connectivity index (χ1v) is 7.31. The molecule has 0 radical (unpaired) electrons. The van der Waals surface area contributed by atoms with Gasteiger partial charge in [0.2, 0.25) is 0 Å². The molecule has 16 heteroatoms. The van der Waals surface area contributed by atoms with Crippen molar-refractivity contribution in [1.82, 2.24) is 0 Å². The third-order valence-electron chi connectivity index (χ3n) is 2.79. The van der Waals surface area contributed by atoms with E-state index >= 15 is 0 Å². The van der Waals surface area contributed by atoms with Gasteiger partial charge in [-0.1, -0.05) is 6.92 Å². The minimum Gasteiger partial charge on any atom is -0.281 e. The number of hydrogen-bond donors (Lipinski definition) is 1. The van der Waals surface area contributed by atoms with Crippen molar-refractivity contribution in [2.75, 3.05) is 0 Å². The lowest BCUT2D eigenvalue weighted by atomic mass is 9.93. The Morgan fingerprint density at radius 3 is 1.56 bits per heavy atom. The number of alkyl halides is 11. The van der Waals surface area contributed by atoms with Crippen LogP contribution in [0.3, 0.4) is 0 Å². The van der Waals surface area contributed by atoms with Gasteiger partial charge in [-0.25, -0.2) is 4.74 Å². The average Bonchev–Trinajstić information content (AvgIpc) is 2.31. The Kier molecular flexibility index (Phi) is 6.44. The van der Waals surface area contributed by atoms with E-state index in [0.29, 0.717) is 6.92 Å². The molecule has 1 unspecified atom stereocenters. The van der Waals surface area contributed by atoms with Crippen molar-refractivity contribution in [2.45, 2.75) is 49.3 Å². The van der Waals surface area contributed by atoms with Crippen LogP contribution in [0.2, 0.25) is 0 Å². The zero-order chi connectivity index (χ0) is 20.7. The largest absolute Gasteiger partial charge is 0.460 e. The lowest BCUT2D eigenvalue weighted by Gasteiger charge is -2.35. The minimum absolute atomic E-state index is 0.547. The van der Waals surface area contributed by atoms with E-state index in [-0.39, 0.29) is 0 Å². The smallest absolute Gasteiger partial charge is 0.281 e. The monoisotopic (exact) mass is 422 g/mol. The van der Waals surface area contributed by atoms with Gasteiger partial charge in [0.1, 0.15) is 0 Å². The zero-order valence-electron chi connectivity index (χ0n) is 11.7. The second kappa shape index (κ2) is 6.68. The first-order valence-electron chi connectivity index (χ1n) is 5.87. The van der Waals surface area contributed by atoms with E-state index in [4.69, 9.17) is 4.55 Å². The standard InChI is InChI=1S/C9H9F11O4S/c1-2-4(3-5(10,11)12)6(13,14)7(15,16)24-8(17,18)9(19,20)25(21,22)23/h4H,2-3H2,1H3,(H,21,22,23).